The van der Waals surface area contributed by atoms with Crippen molar-refractivity contribution in [3.63, 3.8) is 0 Å². The number of halogens is 1. The van der Waals surface area contributed by atoms with Crippen LogP contribution >= 0.6 is 27.3 Å². The highest BCUT2D eigenvalue weighted by atomic mass is 79.9. The van der Waals surface area contributed by atoms with E-state index in [0.717, 1.165) is 17.4 Å². The molecule has 120 valence electrons. The predicted molar refractivity (Wildman–Crippen MR) is 88.9 cm³/mol. The Morgan fingerprint density at radius 3 is 2.74 bits per heavy atom. The fourth-order valence-corrected chi connectivity index (χ4v) is 4.80. The molecule has 2 heterocycles. The average Bonchev–Trinajstić information content (AvgIpc) is 3.13. The summed E-state index contributed by atoms with van der Waals surface area (Å²) in [6.07, 6.45) is 2.65. The van der Waals surface area contributed by atoms with E-state index in [9.17, 15) is 13.2 Å². The first-order chi connectivity index (χ1) is 10.9. The van der Waals surface area contributed by atoms with Crippen LogP contribution in [-0.4, -0.2) is 21.1 Å². The van der Waals surface area contributed by atoms with E-state index >= 15 is 0 Å². The molecule has 1 N–H and O–H groups in total. The first-order valence-electron chi connectivity index (χ1n) is 6.34. The topological polar surface area (TPSA) is 81.7 Å². The van der Waals surface area contributed by atoms with Crippen molar-refractivity contribution in [2.24, 2.45) is 0 Å². The summed E-state index contributed by atoms with van der Waals surface area (Å²) in [5.41, 5.74) is 0.695. The second kappa shape index (κ2) is 6.34. The molecule has 0 fully saturated rings. The van der Waals surface area contributed by atoms with Gasteiger partial charge >= 0.3 is 0 Å². The molecule has 1 aromatic carbocycles. The Kier molecular flexibility index (Phi) is 4.42. The average molecular weight is 416 g/mol. The molecule has 0 saturated carbocycles. The van der Waals surface area contributed by atoms with Gasteiger partial charge in [0.2, 0.25) is 6.79 Å². The minimum Gasteiger partial charge on any atom is -0.454 e. The lowest BCUT2D eigenvalue weighted by Gasteiger charge is -2.01. The highest BCUT2D eigenvalue weighted by Gasteiger charge is 2.18. The van der Waals surface area contributed by atoms with Crippen molar-refractivity contribution in [1.82, 2.24) is 4.72 Å². The molecule has 0 unspecified atom stereocenters. The zero-order valence-corrected chi connectivity index (χ0v) is 14.7. The lowest BCUT2D eigenvalue weighted by molar-refractivity contribution is -0.114. The van der Waals surface area contributed by atoms with E-state index in [-0.39, 0.29) is 11.0 Å². The molecule has 3 rings (SSSR count). The van der Waals surface area contributed by atoms with Crippen LogP contribution in [0, 0.1) is 0 Å². The largest absolute Gasteiger partial charge is 0.454 e. The molecular formula is C14H10BrNO5S2. The van der Waals surface area contributed by atoms with Crippen molar-refractivity contribution in [2.45, 2.75) is 4.21 Å². The van der Waals surface area contributed by atoms with Crippen LogP contribution in [0.5, 0.6) is 11.5 Å². The van der Waals surface area contributed by atoms with E-state index in [2.05, 4.69) is 15.9 Å². The Morgan fingerprint density at radius 1 is 1.22 bits per heavy atom. The summed E-state index contributed by atoms with van der Waals surface area (Å²) in [5.74, 6) is 0.494. The minimum absolute atomic E-state index is 0.0641. The summed E-state index contributed by atoms with van der Waals surface area (Å²) in [4.78, 5) is 11.8. The molecule has 1 amide bonds. The molecule has 6 nitrogen and oxygen atoms in total. The monoisotopic (exact) mass is 415 g/mol. The quantitative estimate of drug-likeness (QED) is 0.776. The van der Waals surface area contributed by atoms with Gasteiger partial charge in [0.1, 0.15) is 4.21 Å². The third-order valence-electron chi connectivity index (χ3n) is 2.87. The van der Waals surface area contributed by atoms with Gasteiger partial charge in [-0.2, -0.15) is 0 Å². The van der Waals surface area contributed by atoms with Crippen LogP contribution < -0.4 is 14.2 Å². The Bertz CT molecular complexity index is 888. The Labute approximate surface area is 144 Å². The standard InChI is InChI=1S/C14H10BrNO5S2/c15-12-4-6-14(22-12)23(18,19)16-13(17)5-2-9-1-3-10-11(7-9)21-8-20-10/h1-7H,8H2,(H,16,17). The second-order valence-electron chi connectivity index (χ2n) is 4.47. The highest BCUT2D eigenvalue weighted by Crippen LogP contribution is 2.32. The number of rotatable bonds is 4. The van der Waals surface area contributed by atoms with E-state index in [4.69, 9.17) is 9.47 Å². The fraction of sp³-hybridized carbons (Fsp3) is 0.0714. The maximum Gasteiger partial charge on any atom is 0.273 e. The molecule has 1 aliphatic heterocycles. The number of benzene rings is 1. The maximum atomic E-state index is 12.0. The SMILES string of the molecule is O=C(C=Cc1ccc2c(c1)OCO2)NS(=O)(=O)c1ccc(Br)s1. The van der Waals surface area contributed by atoms with Crippen LogP contribution in [0.1, 0.15) is 5.56 Å². The molecule has 1 aliphatic rings. The molecule has 0 spiro atoms. The molecule has 0 saturated heterocycles. The number of thiophene rings is 1. The first-order valence-corrected chi connectivity index (χ1v) is 9.43. The van der Waals surface area contributed by atoms with Gasteiger partial charge in [0, 0.05) is 6.08 Å². The summed E-state index contributed by atoms with van der Waals surface area (Å²) < 4.78 is 37.2. The van der Waals surface area contributed by atoms with Gasteiger partial charge in [0.25, 0.3) is 15.9 Å². The molecule has 0 bridgehead atoms. The molecule has 9 heteroatoms. The highest BCUT2D eigenvalue weighted by molar-refractivity contribution is 9.11. The van der Waals surface area contributed by atoms with Gasteiger partial charge in [-0.1, -0.05) is 6.07 Å². The number of hydrogen-bond donors (Lipinski definition) is 1. The van der Waals surface area contributed by atoms with Crippen LogP contribution in [0.2, 0.25) is 0 Å². The molecular weight excluding hydrogens is 406 g/mol. The Balaban J connectivity index is 1.69. The zero-order valence-electron chi connectivity index (χ0n) is 11.5. The van der Waals surface area contributed by atoms with Gasteiger partial charge < -0.3 is 9.47 Å². The normalized spacial score (nSPS) is 13.4. The van der Waals surface area contributed by atoms with Crippen LogP contribution in [0.15, 0.2) is 44.4 Å². The van der Waals surface area contributed by atoms with Gasteiger partial charge in [-0.05, 0) is 51.8 Å². The fourth-order valence-electron chi connectivity index (χ4n) is 1.85. The van der Waals surface area contributed by atoms with Crippen molar-refractivity contribution >= 4 is 49.3 Å². The van der Waals surface area contributed by atoms with E-state index in [0.29, 0.717) is 20.8 Å². The summed E-state index contributed by atoms with van der Waals surface area (Å²) >= 11 is 4.21. The molecule has 23 heavy (non-hydrogen) atoms. The van der Waals surface area contributed by atoms with Crippen LogP contribution in [0.4, 0.5) is 0 Å². The van der Waals surface area contributed by atoms with Crippen molar-refractivity contribution < 1.29 is 22.7 Å². The van der Waals surface area contributed by atoms with Crippen molar-refractivity contribution in [3.05, 3.63) is 45.8 Å². The van der Waals surface area contributed by atoms with Crippen molar-refractivity contribution in [2.75, 3.05) is 6.79 Å². The predicted octanol–water partition coefficient (Wildman–Crippen LogP) is 2.76. The van der Waals surface area contributed by atoms with Crippen LogP contribution in [0.25, 0.3) is 6.08 Å². The van der Waals surface area contributed by atoms with Gasteiger partial charge in [-0.15, -0.1) is 11.3 Å². The minimum atomic E-state index is -3.86. The number of fused-ring (bicyclic) bond motifs is 1. The lowest BCUT2D eigenvalue weighted by Crippen LogP contribution is -2.28. The Morgan fingerprint density at radius 2 is 2.00 bits per heavy atom. The third-order valence-corrected chi connectivity index (χ3v) is 6.33. The third kappa shape index (κ3) is 3.74. The van der Waals surface area contributed by atoms with E-state index in [1.54, 1.807) is 24.3 Å². The molecule has 0 radical (unpaired) electrons. The number of ether oxygens (including phenoxy) is 2. The summed E-state index contributed by atoms with van der Waals surface area (Å²) in [7, 11) is -3.86. The van der Waals surface area contributed by atoms with Crippen LogP contribution in [0.3, 0.4) is 0 Å². The van der Waals surface area contributed by atoms with Gasteiger partial charge in [0.05, 0.1) is 3.79 Å². The van der Waals surface area contributed by atoms with Gasteiger partial charge in [-0.25, -0.2) is 13.1 Å². The number of carbonyl (C=O) groups is 1. The Hall–Kier alpha value is -1.84. The van der Waals surface area contributed by atoms with Gasteiger partial charge in [0.15, 0.2) is 11.5 Å². The first kappa shape index (κ1) is 16.0. The van der Waals surface area contributed by atoms with Crippen LogP contribution in [-0.2, 0) is 14.8 Å². The van der Waals surface area contributed by atoms with Crippen molar-refractivity contribution in [1.29, 1.82) is 0 Å². The number of hydrogen-bond acceptors (Lipinski definition) is 6. The molecule has 2 aromatic rings. The van der Waals surface area contributed by atoms with E-state index < -0.39 is 15.9 Å². The van der Waals surface area contributed by atoms with Gasteiger partial charge in [-0.3, -0.25) is 4.79 Å². The van der Waals surface area contributed by atoms with Crippen molar-refractivity contribution in [3.8, 4) is 11.5 Å². The summed E-state index contributed by atoms with van der Waals surface area (Å²) in [6.45, 7) is 0.164. The maximum absolute atomic E-state index is 12.0. The van der Waals surface area contributed by atoms with E-state index in [1.165, 1.54) is 12.1 Å². The second-order valence-corrected chi connectivity index (χ2v) is 8.85. The summed E-state index contributed by atoms with van der Waals surface area (Å²) in [5, 5.41) is 0. The number of sulfonamides is 1. The lowest BCUT2D eigenvalue weighted by atomic mass is 10.2. The number of nitrogens with one attached hydrogen (secondary N) is 1. The summed E-state index contributed by atoms with van der Waals surface area (Å²) in [6, 6.07) is 8.19. The van der Waals surface area contributed by atoms with E-state index in [1.807, 2.05) is 4.72 Å². The smallest absolute Gasteiger partial charge is 0.273 e. The number of carbonyl (C=O) groups excluding carboxylic acids is 1. The molecule has 1 aromatic heterocycles. The molecule has 0 aliphatic carbocycles. The molecule has 0 atom stereocenters. The zero-order chi connectivity index (χ0) is 16.4. The number of amides is 1.